The summed E-state index contributed by atoms with van der Waals surface area (Å²) >= 11 is 6.10. The number of anilines is 1. The average Bonchev–Trinajstić information content (AvgIpc) is 3.23. The van der Waals surface area contributed by atoms with Gasteiger partial charge >= 0.3 is 0 Å². The Bertz CT molecular complexity index is 1310. The Balaban J connectivity index is 1.29. The maximum absolute atomic E-state index is 13.1. The van der Waals surface area contributed by atoms with Gasteiger partial charge in [-0.05, 0) is 73.3 Å². The number of halogens is 1. The maximum Gasteiger partial charge on any atom is 0.228 e. The number of amides is 1. The van der Waals surface area contributed by atoms with Crippen molar-refractivity contribution in [1.29, 1.82) is 0 Å². The number of hydrogen-bond donors (Lipinski definition) is 1. The molecular formula is C30H33ClN4O. The number of carbonyl (C=O) groups is 1. The molecule has 1 N–H and O–H groups in total. The second-order valence-corrected chi connectivity index (χ2v) is 10.2. The highest BCUT2D eigenvalue weighted by molar-refractivity contribution is 6.30. The van der Waals surface area contributed by atoms with Crippen LogP contribution in [0, 0.1) is 5.92 Å². The molecule has 5 nitrogen and oxygen atoms in total. The number of fused-ring (bicyclic) bond motifs is 1. The molecule has 0 unspecified atom stereocenters. The summed E-state index contributed by atoms with van der Waals surface area (Å²) < 4.78 is 2.29. The lowest BCUT2D eigenvalue weighted by Gasteiger charge is -2.31. The lowest BCUT2D eigenvalue weighted by Crippen LogP contribution is -2.40. The summed E-state index contributed by atoms with van der Waals surface area (Å²) in [4.78, 5) is 20.4. The second kappa shape index (κ2) is 11.3. The molecule has 1 aliphatic heterocycles. The van der Waals surface area contributed by atoms with Crippen LogP contribution in [0.25, 0.3) is 11.0 Å². The summed E-state index contributed by atoms with van der Waals surface area (Å²) in [7, 11) is 0. The van der Waals surface area contributed by atoms with Gasteiger partial charge in [0.1, 0.15) is 5.82 Å². The minimum atomic E-state index is -0.0249. The van der Waals surface area contributed by atoms with Crippen molar-refractivity contribution < 1.29 is 4.79 Å². The van der Waals surface area contributed by atoms with Crippen molar-refractivity contribution in [1.82, 2.24) is 14.5 Å². The Kier molecular flexibility index (Phi) is 7.69. The van der Waals surface area contributed by atoms with Gasteiger partial charge in [0.05, 0.1) is 23.5 Å². The van der Waals surface area contributed by atoms with Crippen LogP contribution in [-0.4, -0.2) is 33.4 Å². The van der Waals surface area contributed by atoms with Gasteiger partial charge in [0.25, 0.3) is 0 Å². The van der Waals surface area contributed by atoms with E-state index < -0.39 is 0 Å². The van der Waals surface area contributed by atoms with E-state index in [1.165, 1.54) is 11.1 Å². The third kappa shape index (κ3) is 5.80. The van der Waals surface area contributed by atoms with Crippen molar-refractivity contribution in [3.05, 3.63) is 94.8 Å². The van der Waals surface area contributed by atoms with Crippen molar-refractivity contribution in [2.24, 2.45) is 5.92 Å². The van der Waals surface area contributed by atoms with Gasteiger partial charge in [0.15, 0.2) is 0 Å². The largest absolute Gasteiger partial charge is 0.326 e. The van der Waals surface area contributed by atoms with E-state index in [0.717, 1.165) is 79.4 Å². The standard InChI is InChI=1S/C30H33ClN4O/c1-2-6-22-12-16-26(17-13-22)32-30(36)24-7-5-18-34(20-24)21-29-33-27-8-3-4-9-28(27)35(29)19-23-10-14-25(31)15-11-23/h3-4,8-17,24H,2,5-7,18-21H2,1H3,(H,32,36)/t24-/m0/s1. The number of nitrogens with one attached hydrogen (secondary N) is 1. The summed E-state index contributed by atoms with van der Waals surface area (Å²) in [5.41, 5.74) is 5.49. The molecule has 0 radical (unpaired) electrons. The molecule has 4 aromatic rings. The fourth-order valence-corrected chi connectivity index (χ4v) is 5.22. The van der Waals surface area contributed by atoms with Crippen LogP contribution in [0.3, 0.4) is 0 Å². The van der Waals surface area contributed by atoms with Crippen molar-refractivity contribution in [2.45, 2.75) is 45.7 Å². The van der Waals surface area contributed by atoms with Gasteiger partial charge < -0.3 is 9.88 Å². The maximum atomic E-state index is 13.1. The molecule has 3 aromatic carbocycles. The van der Waals surface area contributed by atoms with E-state index in [4.69, 9.17) is 16.6 Å². The van der Waals surface area contributed by atoms with Gasteiger partial charge in [0, 0.05) is 23.8 Å². The Labute approximate surface area is 218 Å². The van der Waals surface area contributed by atoms with E-state index in [0.29, 0.717) is 0 Å². The fourth-order valence-electron chi connectivity index (χ4n) is 5.10. The summed E-state index contributed by atoms with van der Waals surface area (Å²) in [6.45, 7) is 5.34. The topological polar surface area (TPSA) is 50.2 Å². The van der Waals surface area contributed by atoms with Crippen LogP contribution < -0.4 is 5.32 Å². The van der Waals surface area contributed by atoms with Crippen LogP contribution in [0.15, 0.2) is 72.8 Å². The predicted molar refractivity (Wildman–Crippen MR) is 147 cm³/mol. The van der Waals surface area contributed by atoms with Crippen LogP contribution in [0.1, 0.15) is 43.1 Å². The molecule has 36 heavy (non-hydrogen) atoms. The lowest BCUT2D eigenvalue weighted by molar-refractivity contribution is -0.121. The fraction of sp³-hybridized carbons (Fsp3) is 0.333. The van der Waals surface area contributed by atoms with Gasteiger partial charge in [0.2, 0.25) is 5.91 Å². The molecule has 1 aromatic heterocycles. The van der Waals surface area contributed by atoms with Gasteiger partial charge in [-0.3, -0.25) is 9.69 Å². The van der Waals surface area contributed by atoms with Crippen LogP contribution >= 0.6 is 11.6 Å². The van der Waals surface area contributed by atoms with E-state index in [1.54, 1.807) is 0 Å². The lowest BCUT2D eigenvalue weighted by atomic mass is 9.97. The number of rotatable bonds is 8. The Hall–Kier alpha value is -3.15. The first kappa shape index (κ1) is 24.5. The number of likely N-dealkylation sites (tertiary alicyclic amines) is 1. The van der Waals surface area contributed by atoms with Crippen molar-refractivity contribution in [3.63, 3.8) is 0 Å². The van der Waals surface area contributed by atoms with Gasteiger partial charge in [-0.1, -0.05) is 61.3 Å². The minimum absolute atomic E-state index is 0.0249. The van der Waals surface area contributed by atoms with Crippen LogP contribution in [0.4, 0.5) is 5.69 Å². The van der Waals surface area contributed by atoms with Crippen molar-refractivity contribution >= 4 is 34.2 Å². The smallest absolute Gasteiger partial charge is 0.228 e. The molecule has 1 amide bonds. The van der Waals surface area contributed by atoms with Crippen molar-refractivity contribution in [2.75, 3.05) is 18.4 Å². The van der Waals surface area contributed by atoms with E-state index in [9.17, 15) is 4.79 Å². The number of hydrogen-bond acceptors (Lipinski definition) is 3. The third-order valence-electron chi connectivity index (χ3n) is 6.99. The first-order valence-electron chi connectivity index (χ1n) is 12.9. The molecule has 6 heteroatoms. The van der Waals surface area contributed by atoms with Crippen LogP contribution in [0.5, 0.6) is 0 Å². The van der Waals surface area contributed by atoms with Crippen molar-refractivity contribution in [3.8, 4) is 0 Å². The van der Waals surface area contributed by atoms with E-state index in [1.807, 2.05) is 30.3 Å². The van der Waals surface area contributed by atoms with E-state index in [-0.39, 0.29) is 11.8 Å². The highest BCUT2D eigenvalue weighted by atomic mass is 35.5. The Morgan fingerprint density at radius 1 is 1.00 bits per heavy atom. The molecular weight excluding hydrogens is 468 g/mol. The molecule has 0 aliphatic carbocycles. The third-order valence-corrected chi connectivity index (χ3v) is 7.24. The quantitative estimate of drug-likeness (QED) is 0.299. The molecule has 5 rings (SSSR count). The Morgan fingerprint density at radius 2 is 1.75 bits per heavy atom. The number of aryl methyl sites for hydroxylation is 1. The molecule has 0 saturated carbocycles. The highest BCUT2D eigenvalue weighted by Crippen LogP contribution is 2.24. The van der Waals surface area contributed by atoms with E-state index >= 15 is 0 Å². The number of aromatic nitrogens is 2. The monoisotopic (exact) mass is 500 g/mol. The summed E-state index contributed by atoms with van der Waals surface area (Å²) in [5.74, 6) is 1.11. The zero-order valence-corrected chi connectivity index (χ0v) is 21.5. The molecule has 1 atom stereocenters. The number of carbonyl (C=O) groups excluding carboxylic acids is 1. The first-order valence-corrected chi connectivity index (χ1v) is 13.3. The molecule has 1 saturated heterocycles. The minimum Gasteiger partial charge on any atom is -0.326 e. The Morgan fingerprint density at radius 3 is 2.53 bits per heavy atom. The number of piperidine rings is 1. The van der Waals surface area contributed by atoms with Gasteiger partial charge in [-0.25, -0.2) is 4.98 Å². The molecule has 0 bridgehead atoms. The summed E-state index contributed by atoms with van der Waals surface area (Å²) in [6, 6.07) is 24.5. The molecule has 2 heterocycles. The second-order valence-electron chi connectivity index (χ2n) is 9.74. The predicted octanol–water partition coefficient (Wildman–Crippen LogP) is 6.54. The number of imidazole rings is 1. The average molecular weight is 501 g/mol. The zero-order chi connectivity index (χ0) is 24.9. The number of benzene rings is 3. The summed E-state index contributed by atoms with van der Waals surface area (Å²) in [6.07, 6.45) is 4.11. The summed E-state index contributed by atoms with van der Waals surface area (Å²) in [5, 5.41) is 3.88. The molecule has 1 aliphatic rings. The molecule has 0 spiro atoms. The number of para-hydroxylation sites is 2. The van der Waals surface area contributed by atoms with Gasteiger partial charge in [-0.15, -0.1) is 0 Å². The molecule has 1 fully saturated rings. The molecule has 186 valence electrons. The SMILES string of the molecule is CCCc1ccc(NC(=O)[C@H]2CCCN(Cc3nc4ccccc4n3Cc3ccc(Cl)cc3)C2)cc1. The van der Waals surface area contributed by atoms with Crippen LogP contribution in [0.2, 0.25) is 5.02 Å². The normalized spacial score (nSPS) is 16.3. The van der Waals surface area contributed by atoms with Crippen LogP contribution in [-0.2, 0) is 24.3 Å². The van der Waals surface area contributed by atoms with Gasteiger partial charge in [-0.2, -0.15) is 0 Å². The van der Waals surface area contributed by atoms with E-state index in [2.05, 4.69) is 64.2 Å². The number of nitrogens with zero attached hydrogens (tertiary/aromatic N) is 3. The highest BCUT2D eigenvalue weighted by Gasteiger charge is 2.27. The zero-order valence-electron chi connectivity index (χ0n) is 20.8. The first-order chi connectivity index (χ1) is 17.6.